The molecule has 1 saturated carbocycles. The molecule has 35 heavy (non-hydrogen) atoms. The number of halogens is 1. The van der Waals surface area contributed by atoms with Gasteiger partial charge in [0.25, 0.3) is 11.5 Å². The van der Waals surface area contributed by atoms with Gasteiger partial charge in [-0.25, -0.2) is 14.2 Å². The Kier molecular flexibility index (Phi) is 5.05. The zero-order valence-corrected chi connectivity index (χ0v) is 18.8. The molecule has 0 radical (unpaired) electrons. The van der Waals surface area contributed by atoms with Gasteiger partial charge in [0.1, 0.15) is 5.82 Å². The van der Waals surface area contributed by atoms with Gasteiger partial charge < -0.3 is 4.90 Å². The fraction of sp³-hybridized carbons (Fsp3) is 0.269. The zero-order chi connectivity index (χ0) is 24.1. The van der Waals surface area contributed by atoms with Crippen LogP contribution in [0.4, 0.5) is 4.39 Å². The van der Waals surface area contributed by atoms with E-state index in [2.05, 4.69) is 15.3 Å². The topological polar surface area (TPSA) is 101 Å². The lowest BCUT2D eigenvalue weighted by atomic mass is 10.0. The van der Waals surface area contributed by atoms with E-state index in [1.54, 1.807) is 35.4 Å². The van der Waals surface area contributed by atoms with Crippen molar-refractivity contribution in [2.75, 3.05) is 6.54 Å². The number of aromatic amines is 1. The molecule has 0 unspecified atom stereocenters. The number of rotatable bonds is 4. The fourth-order valence-electron chi connectivity index (χ4n) is 4.63. The SMILES string of the molecule is O=C(c1cc(Cc2n[nH]c(=O)c3ccccc23)ccc1F)N1CCc2nn(C(=O)C3CC3)cc2C1. The molecule has 1 fully saturated rings. The Balaban J connectivity index is 1.25. The molecule has 1 aliphatic carbocycles. The fourth-order valence-corrected chi connectivity index (χ4v) is 4.63. The van der Waals surface area contributed by atoms with E-state index >= 15 is 0 Å². The Morgan fingerprint density at radius 2 is 1.91 bits per heavy atom. The first-order chi connectivity index (χ1) is 17.0. The van der Waals surface area contributed by atoms with Crippen molar-refractivity contribution < 1.29 is 14.0 Å². The summed E-state index contributed by atoms with van der Waals surface area (Å²) in [6.45, 7) is 0.679. The second-order valence-corrected chi connectivity index (χ2v) is 9.17. The van der Waals surface area contributed by atoms with Gasteiger partial charge in [0, 0.05) is 49.0 Å². The van der Waals surface area contributed by atoms with Gasteiger partial charge in [0.05, 0.1) is 22.3 Å². The van der Waals surface area contributed by atoms with Crippen LogP contribution in [0.5, 0.6) is 0 Å². The molecule has 9 heteroatoms. The van der Waals surface area contributed by atoms with Crippen molar-refractivity contribution in [3.05, 3.63) is 92.9 Å². The lowest BCUT2D eigenvalue weighted by Gasteiger charge is -2.26. The van der Waals surface area contributed by atoms with Gasteiger partial charge in [-0.15, -0.1) is 0 Å². The van der Waals surface area contributed by atoms with Crippen molar-refractivity contribution in [3.63, 3.8) is 0 Å². The molecule has 1 aliphatic heterocycles. The lowest BCUT2D eigenvalue weighted by Crippen LogP contribution is -2.36. The molecule has 1 amide bonds. The predicted molar refractivity (Wildman–Crippen MR) is 126 cm³/mol. The van der Waals surface area contributed by atoms with E-state index < -0.39 is 11.7 Å². The van der Waals surface area contributed by atoms with Crippen LogP contribution in [0.2, 0.25) is 0 Å². The van der Waals surface area contributed by atoms with Gasteiger partial charge in [0.15, 0.2) is 0 Å². The molecular formula is C26H22FN5O3. The highest BCUT2D eigenvalue weighted by Crippen LogP contribution is 2.31. The number of carbonyl (C=O) groups is 2. The van der Waals surface area contributed by atoms with Crippen molar-refractivity contribution in [1.82, 2.24) is 24.9 Å². The van der Waals surface area contributed by atoms with Gasteiger partial charge >= 0.3 is 0 Å². The Bertz CT molecular complexity index is 1550. The predicted octanol–water partition coefficient (Wildman–Crippen LogP) is 3.10. The quantitative estimate of drug-likeness (QED) is 0.493. The number of amides is 1. The summed E-state index contributed by atoms with van der Waals surface area (Å²) in [7, 11) is 0. The van der Waals surface area contributed by atoms with Crippen LogP contribution in [-0.2, 0) is 19.4 Å². The summed E-state index contributed by atoms with van der Waals surface area (Å²) in [6.07, 6.45) is 4.34. The Hall–Kier alpha value is -4.14. The molecule has 0 bridgehead atoms. The van der Waals surface area contributed by atoms with Crippen LogP contribution in [0.3, 0.4) is 0 Å². The third-order valence-corrected chi connectivity index (χ3v) is 6.70. The van der Waals surface area contributed by atoms with E-state index in [0.717, 1.165) is 29.5 Å². The summed E-state index contributed by atoms with van der Waals surface area (Å²) >= 11 is 0. The van der Waals surface area contributed by atoms with Crippen LogP contribution in [0.15, 0.2) is 53.5 Å². The van der Waals surface area contributed by atoms with E-state index in [1.165, 1.54) is 10.7 Å². The molecular weight excluding hydrogens is 449 g/mol. The summed E-state index contributed by atoms with van der Waals surface area (Å²) in [6, 6.07) is 11.6. The van der Waals surface area contributed by atoms with E-state index in [0.29, 0.717) is 36.0 Å². The largest absolute Gasteiger partial charge is 0.334 e. The highest BCUT2D eigenvalue weighted by molar-refractivity contribution is 5.95. The summed E-state index contributed by atoms with van der Waals surface area (Å²) in [5, 5.41) is 12.3. The van der Waals surface area contributed by atoms with E-state index in [4.69, 9.17) is 0 Å². The minimum absolute atomic E-state index is 0.000544. The highest BCUT2D eigenvalue weighted by atomic mass is 19.1. The van der Waals surface area contributed by atoms with Crippen LogP contribution >= 0.6 is 0 Å². The third-order valence-electron chi connectivity index (χ3n) is 6.70. The number of H-pyrrole nitrogens is 1. The first kappa shape index (κ1) is 21.4. The van der Waals surface area contributed by atoms with Crippen molar-refractivity contribution in [2.45, 2.75) is 32.2 Å². The summed E-state index contributed by atoms with van der Waals surface area (Å²) in [5.74, 6) is -0.946. The number of hydrogen-bond acceptors (Lipinski definition) is 5. The average molecular weight is 471 g/mol. The number of carbonyl (C=O) groups excluding carboxylic acids is 2. The Morgan fingerprint density at radius 1 is 1.11 bits per heavy atom. The molecule has 1 N–H and O–H groups in total. The molecule has 4 aromatic rings. The molecule has 3 heterocycles. The molecule has 2 aromatic heterocycles. The second kappa shape index (κ2) is 8.26. The van der Waals surface area contributed by atoms with Gasteiger partial charge in [-0.1, -0.05) is 24.3 Å². The summed E-state index contributed by atoms with van der Waals surface area (Å²) in [5.41, 5.74) is 2.69. The first-order valence-electron chi connectivity index (χ1n) is 11.6. The van der Waals surface area contributed by atoms with Crippen molar-refractivity contribution in [2.24, 2.45) is 5.92 Å². The molecule has 8 nitrogen and oxygen atoms in total. The van der Waals surface area contributed by atoms with E-state index in [9.17, 15) is 18.8 Å². The summed E-state index contributed by atoms with van der Waals surface area (Å²) < 4.78 is 16.2. The third kappa shape index (κ3) is 3.92. The number of hydrogen-bond donors (Lipinski definition) is 1. The van der Waals surface area contributed by atoms with Crippen molar-refractivity contribution in [1.29, 1.82) is 0 Å². The number of nitrogens with zero attached hydrogens (tertiary/aromatic N) is 4. The van der Waals surface area contributed by atoms with Crippen LogP contribution in [-0.4, -0.2) is 43.2 Å². The van der Waals surface area contributed by atoms with E-state index in [-0.39, 0.29) is 29.5 Å². The number of aromatic nitrogens is 4. The number of nitrogens with one attached hydrogen (secondary N) is 1. The maximum Gasteiger partial charge on any atom is 0.272 e. The molecule has 0 spiro atoms. The first-order valence-corrected chi connectivity index (χ1v) is 11.6. The standard InChI is InChI=1S/C26H22FN5O3/c27-21-8-5-15(12-23-18-3-1-2-4-19(18)24(33)29-28-23)11-20(21)26(35)31-10-9-22-17(13-31)14-32(30-22)25(34)16-6-7-16/h1-5,8,11,14,16H,6-7,9-10,12-13H2,(H,29,33). The smallest absolute Gasteiger partial charge is 0.272 e. The van der Waals surface area contributed by atoms with E-state index in [1.807, 2.05) is 12.1 Å². The van der Waals surface area contributed by atoms with Gasteiger partial charge in [-0.2, -0.15) is 10.2 Å². The monoisotopic (exact) mass is 471 g/mol. The lowest BCUT2D eigenvalue weighted by molar-refractivity contribution is 0.0729. The second-order valence-electron chi connectivity index (χ2n) is 9.17. The van der Waals surface area contributed by atoms with Crippen molar-refractivity contribution >= 4 is 22.6 Å². The van der Waals surface area contributed by atoms with Gasteiger partial charge in [-0.05, 0) is 36.6 Å². The molecule has 2 aromatic carbocycles. The van der Waals surface area contributed by atoms with Crippen LogP contribution in [0.1, 0.15) is 50.5 Å². The van der Waals surface area contributed by atoms with Crippen LogP contribution in [0.25, 0.3) is 10.8 Å². The molecule has 0 saturated heterocycles. The highest BCUT2D eigenvalue weighted by Gasteiger charge is 2.33. The van der Waals surface area contributed by atoms with Crippen molar-refractivity contribution in [3.8, 4) is 0 Å². The van der Waals surface area contributed by atoms with Crippen LogP contribution in [0, 0.1) is 11.7 Å². The van der Waals surface area contributed by atoms with Gasteiger partial charge in [0.2, 0.25) is 5.91 Å². The summed E-state index contributed by atoms with van der Waals surface area (Å²) in [4.78, 5) is 39.3. The normalized spacial score (nSPS) is 15.3. The molecule has 6 rings (SSSR count). The maximum absolute atomic E-state index is 14.7. The Labute approximate surface area is 199 Å². The minimum Gasteiger partial charge on any atom is -0.334 e. The Morgan fingerprint density at radius 3 is 2.71 bits per heavy atom. The van der Waals surface area contributed by atoms with Crippen LogP contribution < -0.4 is 5.56 Å². The maximum atomic E-state index is 14.7. The molecule has 176 valence electrons. The van der Waals surface area contributed by atoms with Gasteiger partial charge in [-0.3, -0.25) is 14.4 Å². The zero-order valence-electron chi connectivity index (χ0n) is 18.8. The minimum atomic E-state index is -0.594. The number of fused-ring (bicyclic) bond motifs is 2. The average Bonchev–Trinajstić information content (AvgIpc) is 3.64. The number of benzene rings is 2. The molecule has 0 atom stereocenters. The molecule has 2 aliphatic rings.